The number of hydroxylamine groups is 2. The molecule has 0 unspecified atom stereocenters. The summed E-state index contributed by atoms with van der Waals surface area (Å²) < 4.78 is 2.18. The Morgan fingerprint density at radius 1 is 0.963 bits per heavy atom. The lowest BCUT2D eigenvalue weighted by molar-refractivity contribution is -0.185. The fourth-order valence-corrected chi connectivity index (χ4v) is 5.53. The molecule has 2 N–H and O–H groups in total. The van der Waals surface area contributed by atoms with Gasteiger partial charge < -0.3 is 10.5 Å². The molecule has 2 aromatic carbocycles. The maximum absolute atomic E-state index is 10.6. The maximum Gasteiger partial charge on any atom is 0.0728 e. The molecule has 5 heteroatoms. The van der Waals surface area contributed by atoms with Gasteiger partial charge in [0.25, 0.3) is 0 Å². The maximum atomic E-state index is 10.6. The SMILES string of the molecule is CC1(C)C(Br)=C(CNc2ccc3c(c2)Cc2cc(Br)ccc2-3)C(C)(C)N1O. The molecule has 0 radical (unpaired) electrons. The summed E-state index contributed by atoms with van der Waals surface area (Å²) in [6.07, 6.45) is 0.967. The van der Waals surface area contributed by atoms with Gasteiger partial charge in [0.1, 0.15) is 0 Å². The van der Waals surface area contributed by atoms with E-state index in [-0.39, 0.29) is 0 Å². The zero-order chi connectivity index (χ0) is 19.6. The molecule has 1 aliphatic heterocycles. The van der Waals surface area contributed by atoms with Crippen LogP contribution in [0.2, 0.25) is 0 Å². The van der Waals surface area contributed by atoms with E-state index in [1.165, 1.54) is 32.9 Å². The minimum Gasteiger partial charge on any atom is -0.381 e. The third kappa shape index (κ3) is 3.00. The van der Waals surface area contributed by atoms with Gasteiger partial charge in [-0.25, -0.2) is 0 Å². The van der Waals surface area contributed by atoms with Gasteiger partial charge in [-0.15, -0.1) is 0 Å². The molecule has 1 aliphatic carbocycles. The second-order valence-electron chi connectivity index (χ2n) is 8.43. The van der Waals surface area contributed by atoms with Crippen LogP contribution in [-0.4, -0.2) is 27.9 Å². The second kappa shape index (κ2) is 6.45. The summed E-state index contributed by atoms with van der Waals surface area (Å²) in [7, 11) is 0. The fraction of sp³-hybridized carbons (Fsp3) is 0.364. The monoisotopic (exact) mass is 490 g/mol. The summed E-state index contributed by atoms with van der Waals surface area (Å²) >= 11 is 7.30. The first-order valence-electron chi connectivity index (χ1n) is 9.17. The summed E-state index contributed by atoms with van der Waals surface area (Å²) in [6.45, 7) is 8.84. The van der Waals surface area contributed by atoms with Gasteiger partial charge in [-0.3, -0.25) is 0 Å². The lowest BCUT2D eigenvalue weighted by atomic mass is 9.96. The molecule has 0 bridgehead atoms. The van der Waals surface area contributed by atoms with E-state index in [1.807, 2.05) is 13.8 Å². The molecule has 0 saturated carbocycles. The third-order valence-corrected chi connectivity index (χ3v) is 7.85. The summed E-state index contributed by atoms with van der Waals surface area (Å²) in [5.41, 5.74) is 6.82. The van der Waals surface area contributed by atoms with Crippen LogP contribution in [0.3, 0.4) is 0 Å². The van der Waals surface area contributed by atoms with Crippen molar-refractivity contribution in [3.63, 3.8) is 0 Å². The number of hydrogen-bond acceptors (Lipinski definition) is 3. The Bertz CT molecular complexity index is 963. The number of rotatable bonds is 3. The van der Waals surface area contributed by atoms with Crippen molar-refractivity contribution in [1.29, 1.82) is 0 Å². The normalized spacial score (nSPS) is 20.0. The van der Waals surface area contributed by atoms with E-state index in [0.717, 1.165) is 21.1 Å². The highest BCUT2D eigenvalue weighted by Gasteiger charge is 2.49. The molecule has 0 atom stereocenters. The Balaban J connectivity index is 1.57. The van der Waals surface area contributed by atoms with E-state index in [4.69, 9.17) is 0 Å². The lowest BCUT2D eigenvalue weighted by Gasteiger charge is -2.36. The van der Waals surface area contributed by atoms with Crippen molar-refractivity contribution in [1.82, 2.24) is 5.06 Å². The second-order valence-corrected chi connectivity index (χ2v) is 10.1. The minimum atomic E-state index is -0.423. The Morgan fingerprint density at radius 2 is 1.59 bits per heavy atom. The molecule has 2 aromatic rings. The molecular formula is C22H24Br2N2O. The van der Waals surface area contributed by atoms with Gasteiger partial charge in [0, 0.05) is 21.2 Å². The van der Waals surface area contributed by atoms with Crippen LogP contribution in [-0.2, 0) is 6.42 Å². The van der Waals surface area contributed by atoms with Crippen molar-refractivity contribution >= 4 is 37.5 Å². The molecule has 27 heavy (non-hydrogen) atoms. The zero-order valence-corrected chi connectivity index (χ0v) is 19.2. The standard InChI is InChI=1S/C22H24Br2N2O/c1-21(2)19(20(24)22(3,4)26(21)27)12-25-16-6-8-18-14(11-16)9-13-10-15(23)5-7-17(13)18/h5-8,10-11,25,27H,9,12H2,1-4H3. The van der Waals surface area contributed by atoms with E-state index in [1.54, 1.807) is 0 Å². The van der Waals surface area contributed by atoms with Gasteiger partial charge in [-0.1, -0.05) is 44.0 Å². The predicted molar refractivity (Wildman–Crippen MR) is 119 cm³/mol. The Hall–Kier alpha value is -1.14. The van der Waals surface area contributed by atoms with Crippen molar-refractivity contribution < 1.29 is 5.21 Å². The number of hydrogen-bond donors (Lipinski definition) is 2. The number of halogens is 2. The van der Waals surface area contributed by atoms with Crippen LogP contribution >= 0.6 is 31.9 Å². The van der Waals surface area contributed by atoms with Crippen molar-refractivity contribution in [3.05, 3.63) is 62.1 Å². The summed E-state index contributed by atoms with van der Waals surface area (Å²) in [5, 5.41) is 15.6. The number of nitrogens with zero attached hydrogens (tertiary/aromatic N) is 1. The summed E-state index contributed by atoms with van der Waals surface area (Å²) in [6, 6.07) is 13.1. The van der Waals surface area contributed by atoms with Crippen molar-refractivity contribution in [2.24, 2.45) is 0 Å². The van der Waals surface area contributed by atoms with Crippen LogP contribution in [0.5, 0.6) is 0 Å². The average Bonchev–Trinajstić information content (AvgIpc) is 3.01. The van der Waals surface area contributed by atoms with Crippen molar-refractivity contribution in [3.8, 4) is 11.1 Å². The first-order chi connectivity index (χ1) is 12.6. The van der Waals surface area contributed by atoms with Crippen LogP contribution in [0.25, 0.3) is 11.1 Å². The molecule has 0 saturated heterocycles. The number of fused-ring (bicyclic) bond motifs is 3. The van der Waals surface area contributed by atoms with E-state index in [2.05, 4.69) is 87.4 Å². The zero-order valence-electron chi connectivity index (χ0n) is 16.0. The van der Waals surface area contributed by atoms with Crippen LogP contribution in [0.1, 0.15) is 38.8 Å². The molecule has 142 valence electrons. The quantitative estimate of drug-likeness (QED) is 0.448. The molecule has 4 rings (SSSR count). The molecule has 0 fully saturated rings. The number of benzene rings is 2. The van der Waals surface area contributed by atoms with Gasteiger partial charge in [-0.05, 0) is 86.2 Å². The van der Waals surface area contributed by atoms with Gasteiger partial charge in [0.05, 0.1) is 11.1 Å². The van der Waals surface area contributed by atoms with Crippen molar-refractivity contribution in [2.45, 2.75) is 45.2 Å². The largest absolute Gasteiger partial charge is 0.381 e. The van der Waals surface area contributed by atoms with Crippen LogP contribution in [0, 0.1) is 0 Å². The predicted octanol–water partition coefficient (Wildman–Crippen LogP) is 6.34. The van der Waals surface area contributed by atoms with E-state index in [0.29, 0.717) is 6.54 Å². The van der Waals surface area contributed by atoms with Gasteiger partial charge in [0.2, 0.25) is 0 Å². The number of anilines is 1. The fourth-order valence-electron chi connectivity index (χ4n) is 4.33. The minimum absolute atomic E-state index is 0.422. The highest BCUT2D eigenvalue weighted by molar-refractivity contribution is 9.11. The van der Waals surface area contributed by atoms with E-state index in [9.17, 15) is 5.21 Å². The lowest BCUT2D eigenvalue weighted by Crippen LogP contribution is -2.48. The molecule has 3 nitrogen and oxygen atoms in total. The topological polar surface area (TPSA) is 35.5 Å². The first-order valence-corrected chi connectivity index (χ1v) is 10.8. The molecule has 1 heterocycles. The number of nitrogens with one attached hydrogen (secondary N) is 1. The molecule has 0 spiro atoms. The Morgan fingerprint density at radius 3 is 2.22 bits per heavy atom. The highest BCUT2D eigenvalue weighted by Crippen LogP contribution is 2.46. The van der Waals surface area contributed by atoms with Crippen LogP contribution in [0.4, 0.5) is 5.69 Å². The van der Waals surface area contributed by atoms with Gasteiger partial charge >= 0.3 is 0 Å². The summed E-state index contributed by atoms with van der Waals surface area (Å²) in [4.78, 5) is 0. The van der Waals surface area contributed by atoms with Gasteiger partial charge in [-0.2, -0.15) is 5.06 Å². The van der Waals surface area contributed by atoms with Crippen molar-refractivity contribution in [2.75, 3.05) is 11.9 Å². The molecule has 0 amide bonds. The molecular weight excluding hydrogens is 468 g/mol. The average molecular weight is 492 g/mol. The van der Waals surface area contributed by atoms with Crippen LogP contribution in [0.15, 0.2) is 50.9 Å². The molecule has 0 aromatic heterocycles. The van der Waals surface area contributed by atoms with E-state index >= 15 is 0 Å². The highest BCUT2D eigenvalue weighted by atomic mass is 79.9. The van der Waals surface area contributed by atoms with Gasteiger partial charge in [0.15, 0.2) is 0 Å². The Kier molecular flexibility index (Phi) is 4.58. The van der Waals surface area contributed by atoms with E-state index < -0.39 is 11.1 Å². The smallest absolute Gasteiger partial charge is 0.0728 e. The van der Waals surface area contributed by atoms with Crippen LogP contribution < -0.4 is 5.32 Å². The summed E-state index contributed by atoms with van der Waals surface area (Å²) in [5.74, 6) is 0. The first kappa shape index (κ1) is 19.2. The third-order valence-electron chi connectivity index (χ3n) is 5.91. The molecule has 2 aliphatic rings. The Labute approximate surface area is 177 Å².